The number of aromatic nitrogens is 1. The first-order chi connectivity index (χ1) is 15.2. The number of hydrogen-bond donors (Lipinski definition) is 1. The molecule has 1 aliphatic carbocycles. The Morgan fingerprint density at radius 2 is 1.75 bits per heavy atom. The van der Waals surface area contributed by atoms with Crippen LogP contribution in [0.5, 0.6) is 0 Å². The average molecular weight is 464 g/mol. The number of hydrogen-bond acceptors (Lipinski definition) is 5. The Labute approximate surface area is 189 Å². The Balaban J connectivity index is 1.54. The van der Waals surface area contributed by atoms with E-state index in [-0.39, 0.29) is 29.0 Å². The molecule has 2 aromatic rings. The molecule has 1 aliphatic heterocycles. The summed E-state index contributed by atoms with van der Waals surface area (Å²) in [6, 6.07) is 4.60. The highest BCUT2D eigenvalue weighted by atomic mass is 32.2. The van der Waals surface area contributed by atoms with Crippen molar-refractivity contribution in [3.63, 3.8) is 0 Å². The number of fused-ring (bicyclic) bond motifs is 1. The molecule has 4 rings (SSSR count). The molecule has 176 valence electrons. The van der Waals surface area contributed by atoms with Gasteiger partial charge in [-0.1, -0.05) is 39.5 Å². The highest BCUT2D eigenvalue weighted by Gasteiger charge is 2.32. The average Bonchev–Trinajstić information content (AvgIpc) is 2.88. The van der Waals surface area contributed by atoms with Gasteiger partial charge in [-0.25, -0.2) is 13.2 Å². The second-order valence-corrected chi connectivity index (χ2v) is 11.5. The number of sulfonamides is 1. The fourth-order valence-electron chi connectivity index (χ4n) is 5.15. The van der Waals surface area contributed by atoms with E-state index in [1.54, 1.807) is 6.07 Å². The van der Waals surface area contributed by atoms with Crippen molar-refractivity contribution >= 4 is 27.0 Å². The first-order valence-electron chi connectivity index (χ1n) is 11.7. The third-order valence-electron chi connectivity index (χ3n) is 6.63. The van der Waals surface area contributed by atoms with E-state index in [1.165, 1.54) is 33.8 Å². The van der Waals surface area contributed by atoms with Crippen LogP contribution in [0.25, 0.3) is 11.1 Å². The summed E-state index contributed by atoms with van der Waals surface area (Å²) in [6.07, 6.45) is 7.52. The minimum atomic E-state index is -3.69. The van der Waals surface area contributed by atoms with E-state index in [2.05, 4.69) is 19.2 Å². The Kier molecular flexibility index (Phi) is 6.76. The molecule has 9 heteroatoms. The van der Waals surface area contributed by atoms with E-state index in [0.717, 1.165) is 32.1 Å². The van der Waals surface area contributed by atoms with Crippen molar-refractivity contribution in [3.8, 4) is 0 Å². The maximum Gasteiger partial charge on any atom is 0.420 e. The molecule has 1 aromatic heterocycles. The quantitative estimate of drug-likeness (QED) is 0.687. The molecule has 1 aromatic carbocycles. The lowest BCUT2D eigenvalue weighted by Gasteiger charge is -2.34. The van der Waals surface area contributed by atoms with Crippen LogP contribution >= 0.6 is 0 Å². The number of amides is 1. The second-order valence-electron chi connectivity index (χ2n) is 9.61. The smallest absolute Gasteiger partial charge is 0.408 e. The molecule has 8 nitrogen and oxygen atoms in total. The van der Waals surface area contributed by atoms with Gasteiger partial charge in [0.25, 0.3) is 0 Å². The molecule has 1 amide bonds. The van der Waals surface area contributed by atoms with Crippen LogP contribution in [0.3, 0.4) is 0 Å². The molecule has 2 aliphatic rings. The molecule has 0 radical (unpaired) electrons. The third-order valence-corrected chi connectivity index (χ3v) is 8.46. The Hall–Kier alpha value is -2.13. The van der Waals surface area contributed by atoms with Crippen LogP contribution in [0.2, 0.25) is 0 Å². The highest BCUT2D eigenvalue weighted by molar-refractivity contribution is 7.89. The van der Waals surface area contributed by atoms with Gasteiger partial charge >= 0.3 is 5.76 Å². The summed E-state index contributed by atoms with van der Waals surface area (Å²) in [7, 11) is -3.69. The van der Waals surface area contributed by atoms with Gasteiger partial charge in [-0.15, -0.1) is 0 Å². The van der Waals surface area contributed by atoms with E-state index in [4.69, 9.17) is 4.42 Å². The number of carbonyl (C=O) groups excluding carboxylic acids is 1. The van der Waals surface area contributed by atoms with E-state index in [0.29, 0.717) is 30.4 Å². The molecule has 1 saturated carbocycles. The summed E-state index contributed by atoms with van der Waals surface area (Å²) in [4.78, 5) is 25.1. The van der Waals surface area contributed by atoms with Crippen molar-refractivity contribution in [2.75, 3.05) is 13.1 Å². The van der Waals surface area contributed by atoms with Gasteiger partial charge in [0, 0.05) is 25.2 Å². The lowest BCUT2D eigenvalue weighted by atomic mass is 9.94. The summed E-state index contributed by atoms with van der Waals surface area (Å²) >= 11 is 0. The third kappa shape index (κ3) is 4.93. The fraction of sp³-hybridized carbons (Fsp3) is 0.652. The number of benzene rings is 1. The van der Waals surface area contributed by atoms with Gasteiger partial charge in [-0.2, -0.15) is 4.31 Å². The topological polar surface area (TPSA) is 102 Å². The SMILES string of the molecule is C[C@@H]1C[C@H](C)CN(S(=O)(=O)c2ccc3c(c2)oc(=O)n3CC(=O)NC2CCCCCC2)C1. The summed E-state index contributed by atoms with van der Waals surface area (Å²) < 4.78 is 34.5. The van der Waals surface area contributed by atoms with Crippen molar-refractivity contribution < 1.29 is 17.6 Å². The highest BCUT2D eigenvalue weighted by Crippen LogP contribution is 2.28. The lowest BCUT2D eigenvalue weighted by molar-refractivity contribution is -0.122. The zero-order valence-corrected chi connectivity index (χ0v) is 19.7. The molecule has 0 unspecified atom stereocenters. The van der Waals surface area contributed by atoms with E-state index < -0.39 is 15.8 Å². The van der Waals surface area contributed by atoms with Gasteiger partial charge in [-0.3, -0.25) is 9.36 Å². The normalized spacial score (nSPS) is 23.8. The van der Waals surface area contributed by atoms with Gasteiger partial charge in [0.15, 0.2) is 5.58 Å². The van der Waals surface area contributed by atoms with Crippen LogP contribution in [-0.4, -0.2) is 42.3 Å². The zero-order chi connectivity index (χ0) is 22.9. The predicted octanol–water partition coefficient (Wildman–Crippen LogP) is 3.10. The standard InChI is InChI=1S/C23H33N3O5S/c1-16-11-17(2)14-25(13-16)32(29,30)19-9-10-20-21(12-19)31-23(28)26(20)15-22(27)24-18-7-5-3-4-6-8-18/h9-10,12,16-18H,3-8,11,13-15H2,1-2H3,(H,24,27)/t16-,17+. The van der Waals surface area contributed by atoms with Crippen molar-refractivity contribution in [2.45, 2.75) is 76.3 Å². The Morgan fingerprint density at radius 1 is 1.09 bits per heavy atom. The van der Waals surface area contributed by atoms with Crippen molar-refractivity contribution in [1.29, 1.82) is 0 Å². The molecule has 2 fully saturated rings. The first-order valence-corrected chi connectivity index (χ1v) is 13.1. The van der Waals surface area contributed by atoms with Gasteiger partial charge in [0.1, 0.15) is 6.54 Å². The van der Waals surface area contributed by atoms with Crippen LogP contribution in [0.4, 0.5) is 0 Å². The van der Waals surface area contributed by atoms with E-state index >= 15 is 0 Å². The number of rotatable bonds is 5. The summed E-state index contributed by atoms with van der Waals surface area (Å²) in [5.41, 5.74) is 0.599. The summed E-state index contributed by atoms with van der Waals surface area (Å²) in [5.74, 6) is -0.299. The minimum absolute atomic E-state index is 0.107. The maximum absolute atomic E-state index is 13.2. The zero-order valence-electron chi connectivity index (χ0n) is 18.9. The molecule has 1 saturated heterocycles. The van der Waals surface area contributed by atoms with Crippen LogP contribution in [-0.2, 0) is 21.4 Å². The number of nitrogens with one attached hydrogen (secondary N) is 1. The van der Waals surface area contributed by atoms with Crippen LogP contribution in [0.1, 0.15) is 58.8 Å². The molecule has 0 spiro atoms. The van der Waals surface area contributed by atoms with Gasteiger partial charge < -0.3 is 9.73 Å². The number of piperidine rings is 1. The fourth-order valence-corrected chi connectivity index (χ4v) is 6.84. The molecule has 1 N–H and O–H groups in total. The minimum Gasteiger partial charge on any atom is -0.408 e. The first kappa shape index (κ1) is 23.0. The van der Waals surface area contributed by atoms with Crippen LogP contribution in [0, 0.1) is 11.8 Å². The predicted molar refractivity (Wildman–Crippen MR) is 122 cm³/mol. The number of nitrogens with zero attached hydrogens (tertiary/aromatic N) is 2. The molecular weight excluding hydrogens is 430 g/mol. The molecular formula is C23H33N3O5S. The van der Waals surface area contributed by atoms with Crippen molar-refractivity contribution in [1.82, 2.24) is 14.2 Å². The number of oxazole rings is 1. The largest absolute Gasteiger partial charge is 0.420 e. The summed E-state index contributed by atoms with van der Waals surface area (Å²) in [5, 5.41) is 3.03. The Bertz CT molecular complexity index is 1120. The molecule has 2 atom stereocenters. The van der Waals surface area contributed by atoms with Crippen molar-refractivity contribution in [2.24, 2.45) is 11.8 Å². The molecule has 32 heavy (non-hydrogen) atoms. The molecule has 0 bridgehead atoms. The monoisotopic (exact) mass is 463 g/mol. The van der Waals surface area contributed by atoms with Crippen molar-refractivity contribution in [3.05, 3.63) is 28.7 Å². The van der Waals surface area contributed by atoms with E-state index in [9.17, 15) is 18.0 Å². The lowest BCUT2D eigenvalue weighted by Crippen LogP contribution is -2.42. The van der Waals surface area contributed by atoms with Gasteiger partial charge in [-0.05, 0) is 43.2 Å². The maximum atomic E-state index is 13.2. The van der Waals surface area contributed by atoms with Crippen LogP contribution in [0.15, 0.2) is 32.3 Å². The van der Waals surface area contributed by atoms with Gasteiger partial charge in [0.05, 0.1) is 10.4 Å². The molecule has 2 heterocycles. The number of carbonyl (C=O) groups is 1. The van der Waals surface area contributed by atoms with Gasteiger partial charge in [0.2, 0.25) is 15.9 Å². The Morgan fingerprint density at radius 3 is 2.41 bits per heavy atom. The van der Waals surface area contributed by atoms with Crippen LogP contribution < -0.4 is 11.1 Å². The summed E-state index contributed by atoms with van der Waals surface area (Å²) in [6.45, 7) is 4.94. The van der Waals surface area contributed by atoms with E-state index in [1.807, 2.05) is 0 Å². The second kappa shape index (κ2) is 9.39.